The molecule has 1 fully saturated rings. The molecule has 1 saturated carbocycles. The van der Waals surface area contributed by atoms with Crippen LogP contribution in [-0.4, -0.2) is 32.1 Å². The van der Waals surface area contributed by atoms with E-state index in [2.05, 4.69) is 10.3 Å². The van der Waals surface area contributed by atoms with E-state index in [1.54, 1.807) is 22.8 Å². The van der Waals surface area contributed by atoms with Crippen LogP contribution in [0.2, 0.25) is 0 Å². The predicted molar refractivity (Wildman–Crippen MR) is 109 cm³/mol. The summed E-state index contributed by atoms with van der Waals surface area (Å²) in [6.07, 6.45) is 6.78. The van der Waals surface area contributed by atoms with Gasteiger partial charge < -0.3 is 10.4 Å². The minimum absolute atomic E-state index is 0.0518. The first-order chi connectivity index (χ1) is 13.9. The zero-order chi connectivity index (χ0) is 20.6. The van der Waals surface area contributed by atoms with Gasteiger partial charge in [-0.2, -0.15) is 0 Å². The van der Waals surface area contributed by atoms with Gasteiger partial charge in [0.1, 0.15) is 5.82 Å². The topological polar surface area (TPSA) is 101 Å². The van der Waals surface area contributed by atoms with E-state index in [9.17, 15) is 19.5 Å². The molecule has 1 aromatic heterocycles. The number of carboxylic acids is 1. The van der Waals surface area contributed by atoms with Gasteiger partial charge in [-0.15, -0.1) is 0 Å². The number of aliphatic carboxylic acids is 1. The molecule has 7 nitrogen and oxygen atoms in total. The van der Waals surface area contributed by atoms with Crippen LogP contribution in [0.3, 0.4) is 0 Å². The smallest absolute Gasteiger partial charge is 0.308 e. The van der Waals surface area contributed by atoms with Gasteiger partial charge >= 0.3 is 5.97 Å². The number of amides is 1. The summed E-state index contributed by atoms with van der Waals surface area (Å²) in [6, 6.07) is 4.95. The molecule has 0 saturated heterocycles. The van der Waals surface area contributed by atoms with E-state index in [4.69, 9.17) is 0 Å². The number of rotatable bonds is 3. The van der Waals surface area contributed by atoms with Crippen LogP contribution in [0.4, 0.5) is 0 Å². The largest absolute Gasteiger partial charge is 0.481 e. The second-order valence-electron chi connectivity index (χ2n) is 8.54. The van der Waals surface area contributed by atoms with Gasteiger partial charge in [0.15, 0.2) is 0 Å². The number of aryl methyl sites for hydroxylation is 1. The van der Waals surface area contributed by atoms with Crippen molar-refractivity contribution in [1.29, 1.82) is 0 Å². The maximum Gasteiger partial charge on any atom is 0.308 e. The summed E-state index contributed by atoms with van der Waals surface area (Å²) in [5.74, 6) is -1.01. The standard InChI is InChI=1S/C22H27N3O4/c1-22(11-5-4-7-16(22)21(28)29)24-19(26)14-9-10-15-17(13-14)23-18-8-3-2-6-12-25(18)20(15)27/h9-10,13,16H,2-8,11-12H2,1H3,(H,24,26)(H,28,29). The van der Waals surface area contributed by atoms with Gasteiger partial charge in [0.2, 0.25) is 0 Å². The van der Waals surface area contributed by atoms with Crippen LogP contribution in [0.15, 0.2) is 23.0 Å². The number of carboxylic acid groups (broad SMARTS) is 1. The molecule has 0 bridgehead atoms. The zero-order valence-electron chi connectivity index (χ0n) is 16.7. The summed E-state index contributed by atoms with van der Waals surface area (Å²) < 4.78 is 1.76. The molecule has 154 valence electrons. The highest BCUT2D eigenvalue weighted by Gasteiger charge is 2.42. The minimum Gasteiger partial charge on any atom is -0.481 e. The van der Waals surface area contributed by atoms with Gasteiger partial charge in [0.05, 0.1) is 22.4 Å². The number of nitrogens with zero attached hydrogens (tertiary/aromatic N) is 2. The molecule has 2 heterocycles. The molecular formula is C22H27N3O4. The van der Waals surface area contributed by atoms with Crippen LogP contribution in [0.1, 0.15) is 68.1 Å². The first-order valence-corrected chi connectivity index (χ1v) is 10.5. The van der Waals surface area contributed by atoms with Crippen molar-refractivity contribution in [1.82, 2.24) is 14.9 Å². The van der Waals surface area contributed by atoms with E-state index < -0.39 is 17.4 Å². The van der Waals surface area contributed by atoms with Crippen molar-refractivity contribution in [3.8, 4) is 0 Å². The lowest BCUT2D eigenvalue weighted by molar-refractivity contribution is -0.145. The van der Waals surface area contributed by atoms with Gasteiger partial charge in [0, 0.05) is 18.5 Å². The Morgan fingerprint density at radius 3 is 2.83 bits per heavy atom. The van der Waals surface area contributed by atoms with E-state index in [-0.39, 0.29) is 11.5 Å². The Balaban J connectivity index is 1.66. The van der Waals surface area contributed by atoms with Crippen molar-refractivity contribution < 1.29 is 14.7 Å². The molecule has 2 aliphatic rings. The van der Waals surface area contributed by atoms with Gasteiger partial charge in [-0.3, -0.25) is 19.0 Å². The molecule has 1 amide bonds. The van der Waals surface area contributed by atoms with E-state index in [1.807, 2.05) is 6.92 Å². The van der Waals surface area contributed by atoms with Crippen LogP contribution in [-0.2, 0) is 17.8 Å². The third-order valence-electron chi connectivity index (χ3n) is 6.48. The van der Waals surface area contributed by atoms with E-state index in [0.717, 1.165) is 44.3 Å². The van der Waals surface area contributed by atoms with Gasteiger partial charge in [-0.25, -0.2) is 4.98 Å². The number of hydrogen-bond donors (Lipinski definition) is 2. The third-order valence-corrected chi connectivity index (χ3v) is 6.48. The van der Waals surface area contributed by atoms with Crippen molar-refractivity contribution in [2.45, 2.75) is 70.4 Å². The fraction of sp³-hybridized carbons (Fsp3) is 0.545. The Hall–Kier alpha value is -2.70. The van der Waals surface area contributed by atoms with Gasteiger partial charge in [-0.05, 0) is 50.8 Å². The number of carbonyl (C=O) groups is 2. The lowest BCUT2D eigenvalue weighted by Crippen LogP contribution is -2.55. The zero-order valence-corrected chi connectivity index (χ0v) is 16.7. The molecule has 2 aromatic rings. The van der Waals surface area contributed by atoms with Crippen LogP contribution in [0.5, 0.6) is 0 Å². The number of carbonyl (C=O) groups excluding carboxylic acids is 1. The normalized spacial score (nSPS) is 24.5. The first-order valence-electron chi connectivity index (χ1n) is 10.5. The predicted octanol–water partition coefficient (Wildman–Crippen LogP) is 2.89. The van der Waals surface area contributed by atoms with Crippen molar-refractivity contribution in [3.63, 3.8) is 0 Å². The summed E-state index contributed by atoms with van der Waals surface area (Å²) in [7, 11) is 0. The Morgan fingerprint density at radius 2 is 2.03 bits per heavy atom. The number of aromatic nitrogens is 2. The number of benzene rings is 1. The number of hydrogen-bond acceptors (Lipinski definition) is 4. The fourth-order valence-corrected chi connectivity index (χ4v) is 4.77. The van der Waals surface area contributed by atoms with Crippen LogP contribution in [0, 0.1) is 5.92 Å². The summed E-state index contributed by atoms with van der Waals surface area (Å²) in [6.45, 7) is 2.50. The molecule has 0 radical (unpaired) electrons. The molecule has 1 aliphatic heterocycles. The molecule has 2 atom stereocenters. The van der Waals surface area contributed by atoms with Crippen molar-refractivity contribution in [2.75, 3.05) is 0 Å². The quantitative estimate of drug-likeness (QED) is 0.829. The molecule has 2 N–H and O–H groups in total. The van der Waals surface area contributed by atoms with Crippen molar-refractivity contribution >= 4 is 22.8 Å². The second kappa shape index (κ2) is 7.61. The highest BCUT2D eigenvalue weighted by molar-refractivity contribution is 5.98. The van der Waals surface area contributed by atoms with Crippen LogP contribution < -0.4 is 10.9 Å². The lowest BCUT2D eigenvalue weighted by atomic mass is 9.73. The molecule has 29 heavy (non-hydrogen) atoms. The molecule has 0 spiro atoms. The summed E-state index contributed by atoms with van der Waals surface area (Å²) >= 11 is 0. The van der Waals surface area contributed by atoms with Crippen molar-refractivity contribution in [3.05, 3.63) is 39.9 Å². The lowest BCUT2D eigenvalue weighted by Gasteiger charge is -2.39. The monoisotopic (exact) mass is 397 g/mol. The number of fused-ring (bicyclic) bond motifs is 2. The highest BCUT2D eigenvalue weighted by atomic mass is 16.4. The Bertz CT molecular complexity index is 1030. The molecule has 1 aliphatic carbocycles. The molecular weight excluding hydrogens is 370 g/mol. The Kier molecular flexibility index (Phi) is 5.15. The highest BCUT2D eigenvalue weighted by Crippen LogP contribution is 2.34. The Morgan fingerprint density at radius 1 is 1.21 bits per heavy atom. The van der Waals surface area contributed by atoms with Crippen molar-refractivity contribution in [2.24, 2.45) is 5.92 Å². The average molecular weight is 397 g/mol. The van der Waals surface area contributed by atoms with Crippen LogP contribution in [0.25, 0.3) is 10.9 Å². The molecule has 4 rings (SSSR count). The maximum atomic E-state index is 12.9. The fourth-order valence-electron chi connectivity index (χ4n) is 4.77. The Labute approximate surface area is 169 Å². The van der Waals surface area contributed by atoms with Gasteiger partial charge in [0.25, 0.3) is 11.5 Å². The summed E-state index contributed by atoms with van der Waals surface area (Å²) in [5, 5.41) is 13.0. The molecule has 2 unspecified atom stereocenters. The average Bonchev–Trinajstić information content (AvgIpc) is 2.93. The second-order valence-corrected chi connectivity index (χ2v) is 8.54. The maximum absolute atomic E-state index is 12.9. The van der Waals surface area contributed by atoms with E-state index in [1.165, 1.54) is 0 Å². The van der Waals surface area contributed by atoms with E-state index in [0.29, 0.717) is 35.9 Å². The van der Waals surface area contributed by atoms with Crippen LogP contribution >= 0.6 is 0 Å². The first kappa shape index (κ1) is 19.6. The SMILES string of the molecule is CC1(NC(=O)c2ccc3c(=O)n4c(nc3c2)CCCCC4)CCCCC1C(=O)O. The number of nitrogens with one attached hydrogen (secondary N) is 1. The molecule has 7 heteroatoms. The third kappa shape index (κ3) is 3.66. The van der Waals surface area contributed by atoms with Gasteiger partial charge in [-0.1, -0.05) is 19.3 Å². The van der Waals surface area contributed by atoms with E-state index >= 15 is 0 Å². The summed E-state index contributed by atoms with van der Waals surface area (Å²) in [4.78, 5) is 42.1. The molecule has 1 aromatic carbocycles. The minimum atomic E-state index is -0.872. The summed E-state index contributed by atoms with van der Waals surface area (Å²) in [5.41, 5.74) is 0.0963.